The molecular formula is C15H32N2. The molecule has 0 amide bonds. The number of hydrogen-bond acceptors (Lipinski definition) is 2. The van der Waals surface area contributed by atoms with Crippen LogP contribution in [0.25, 0.3) is 0 Å². The van der Waals surface area contributed by atoms with Crippen LogP contribution in [0.15, 0.2) is 0 Å². The SMILES string of the molecule is CCCCCNCCN(C)C1CCCCC1C. The Morgan fingerprint density at radius 1 is 1.12 bits per heavy atom. The minimum absolute atomic E-state index is 0.834. The van der Waals surface area contributed by atoms with Crippen molar-refractivity contribution < 1.29 is 0 Å². The van der Waals surface area contributed by atoms with E-state index in [1.165, 1.54) is 58.0 Å². The van der Waals surface area contributed by atoms with Crippen LogP contribution in [-0.2, 0) is 0 Å². The predicted molar refractivity (Wildman–Crippen MR) is 76.4 cm³/mol. The van der Waals surface area contributed by atoms with Crippen LogP contribution < -0.4 is 5.32 Å². The maximum absolute atomic E-state index is 3.56. The molecule has 1 saturated carbocycles. The van der Waals surface area contributed by atoms with Crippen molar-refractivity contribution in [3.63, 3.8) is 0 Å². The van der Waals surface area contributed by atoms with Gasteiger partial charge in [-0.3, -0.25) is 0 Å². The van der Waals surface area contributed by atoms with Gasteiger partial charge in [0.15, 0.2) is 0 Å². The monoisotopic (exact) mass is 240 g/mol. The van der Waals surface area contributed by atoms with Crippen LogP contribution in [0.5, 0.6) is 0 Å². The molecule has 0 saturated heterocycles. The second kappa shape index (κ2) is 8.93. The van der Waals surface area contributed by atoms with Crippen molar-refractivity contribution in [1.29, 1.82) is 0 Å². The Morgan fingerprint density at radius 2 is 1.88 bits per heavy atom. The molecule has 1 fully saturated rings. The van der Waals surface area contributed by atoms with Crippen molar-refractivity contribution in [2.75, 3.05) is 26.7 Å². The third-order valence-corrected chi connectivity index (χ3v) is 4.23. The summed E-state index contributed by atoms with van der Waals surface area (Å²) < 4.78 is 0. The quantitative estimate of drug-likeness (QED) is 0.655. The highest BCUT2D eigenvalue weighted by Crippen LogP contribution is 2.26. The largest absolute Gasteiger partial charge is 0.315 e. The Hall–Kier alpha value is -0.0800. The molecule has 0 aromatic heterocycles. The van der Waals surface area contributed by atoms with Gasteiger partial charge in [-0.05, 0) is 38.8 Å². The fourth-order valence-electron chi connectivity index (χ4n) is 3.00. The number of nitrogens with zero attached hydrogens (tertiary/aromatic N) is 1. The van der Waals surface area contributed by atoms with Gasteiger partial charge in [0, 0.05) is 19.1 Å². The third kappa shape index (κ3) is 5.87. The lowest BCUT2D eigenvalue weighted by atomic mass is 9.85. The van der Waals surface area contributed by atoms with Crippen molar-refractivity contribution in [2.45, 2.75) is 64.8 Å². The summed E-state index contributed by atoms with van der Waals surface area (Å²) in [6, 6.07) is 0.834. The summed E-state index contributed by atoms with van der Waals surface area (Å²) in [5, 5.41) is 3.56. The Labute approximate surface area is 108 Å². The highest BCUT2D eigenvalue weighted by Gasteiger charge is 2.24. The maximum Gasteiger partial charge on any atom is 0.0118 e. The molecule has 0 radical (unpaired) electrons. The zero-order chi connectivity index (χ0) is 12.5. The molecule has 2 heteroatoms. The van der Waals surface area contributed by atoms with Crippen LogP contribution in [0.4, 0.5) is 0 Å². The minimum Gasteiger partial charge on any atom is -0.315 e. The van der Waals surface area contributed by atoms with E-state index in [1.54, 1.807) is 0 Å². The van der Waals surface area contributed by atoms with Crippen molar-refractivity contribution in [2.24, 2.45) is 5.92 Å². The molecule has 1 rings (SSSR count). The molecule has 0 heterocycles. The lowest BCUT2D eigenvalue weighted by Crippen LogP contribution is -2.42. The van der Waals surface area contributed by atoms with Gasteiger partial charge in [-0.15, -0.1) is 0 Å². The van der Waals surface area contributed by atoms with E-state index in [-0.39, 0.29) is 0 Å². The summed E-state index contributed by atoms with van der Waals surface area (Å²) in [5.41, 5.74) is 0. The van der Waals surface area contributed by atoms with E-state index >= 15 is 0 Å². The van der Waals surface area contributed by atoms with Gasteiger partial charge in [0.1, 0.15) is 0 Å². The molecule has 102 valence electrons. The van der Waals surface area contributed by atoms with Gasteiger partial charge in [-0.1, -0.05) is 39.5 Å². The van der Waals surface area contributed by atoms with E-state index in [2.05, 4.69) is 31.1 Å². The lowest BCUT2D eigenvalue weighted by Gasteiger charge is -2.36. The van der Waals surface area contributed by atoms with E-state index in [1.807, 2.05) is 0 Å². The molecule has 1 aliphatic carbocycles. The number of rotatable bonds is 8. The summed E-state index contributed by atoms with van der Waals surface area (Å²) in [4.78, 5) is 2.58. The Morgan fingerprint density at radius 3 is 2.59 bits per heavy atom. The number of hydrogen-bond donors (Lipinski definition) is 1. The van der Waals surface area contributed by atoms with Crippen molar-refractivity contribution in [3.8, 4) is 0 Å². The predicted octanol–water partition coefficient (Wildman–Crippen LogP) is 3.28. The topological polar surface area (TPSA) is 15.3 Å². The molecule has 1 N–H and O–H groups in total. The third-order valence-electron chi connectivity index (χ3n) is 4.23. The smallest absolute Gasteiger partial charge is 0.0118 e. The average molecular weight is 240 g/mol. The molecule has 0 aromatic carbocycles. The number of nitrogens with one attached hydrogen (secondary N) is 1. The first-order valence-corrected chi connectivity index (χ1v) is 7.66. The van der Waals surface area contributed by atoms with Crippen LogP contribution in [0, 0.1) is 5.92 Å². The Kier molecular flexibility index (Phi) is 7.87. The molecule has 0 spiro atoms. The maximum atomic E-state index is 3.56. The first-order valence-electron chi connectivity index (χ1n) is 7.66. The summed E-state index contributed by atoms with van der Waals surface area (Å²) in [7, 11) is 2.31. The minimum atomic E-state index is 0.834. The molecule has 0 aromatic rings. The highest BCUT2D eigenvalue weighted by molar-refractivity contribution is 4.79. The first kappa shape index (κ1) is 15.0. The Bertz CT molecular complexity index is 182. The molecule has 17 heavy (non-hydrogen) atoms. The van der Waals surface area contributed by atoms with Gasteiger partial charge >= 0.3 is 0 Å². The summed E-state index contributed by atoms with van der Waals surface area (Å²) in [6.45, 7) is 8.25. The molecule has 0 aliphatic heterocycles. The van der Waals surface area contributed by atoms with Crippen LogP contribution in [0.3, 0.4) is 0 Å². The number of likely N-dealkylation sites (N-methyl/N-ethyl adjacent to an activating group) is 1. The molecule has 2 nitrogen and oxygen atoms in total. The molecular weight excluding hydrogens is 208 g/mol. The van der Waals surface area contributed by atoms with Crippen LogP contribution >= 0.6 is 0 Å². The van der Waals surface area contributed by atoms with Gasteiger partial charge in [-0.2, -0.15) is 0 Å². The van der Waals surface area contributed by atoms with Crippen LogP contribution in [-0.4, -0.2) is 37.6 Å². The van der Waals surface area contributed by atoms with Crippen molar-refractivity contribution >= 4 is 0 Å². The van der Waals surface area contributed by atoms with Crippen LogP contribution in [0.2, 0.25) is 0 Å². The van der Waals surface area contributed by atoms with E-state index < -0.39 is 0 Å². The fourth-order valence-corrected chi connectivity index (χ4v) is 3.00. The summed E-state index contributed by atoms with van der Waals surface area (Å²) in [6.07, 6.45) is 9.74. The first-order chi connectivity index (χ1) is 8.25. The normalized spacial score (nSPS) is 25.4. The van der Waals surface area contributed by atoms with E-state index in [4.69, 9.17) is 0 Å². The van der Waals surface area contributed by atoms with Crippen molar-refractivity contribution in [3.05, 3.63) is 0 Å². The second-order valence-electron chi connectivity index (χ2n) is 5.77. The van der Waals surface area contributed by atoms with E-state index in [0.717, 1.165) is 18.5 Å². The highest BCUT2D eigenvalue weighted by atomic mass is 15.1. The summed E-state index contributed by atoms with van der Waals surface area (Å²) >= 11 is 0. The van der Waals surface area contributed by atoms with E-state index in [9.17, 15) is 0 Å². The standard InChI is InChI=1S/C15H32N2/c1-4-5-8-11-16-12-13-17(3)15-10-7-6-9-14(15)2/h14-16H,4-13H2,1-3H3. The lowest BCUT2D eigenvalue weighted by molar-refractivity contribution is 0.140. The average Bonchev–Trinajstić information content (AvgIpc) is 2.34. The second-order valence-corrected chi connectivity index (χ2v) is 5.77. The van der Waals surface area contributed by atoms with Crippen molar-refractivity contribution in [1.82, 2.24) is 10.2 Å². The zero-order valence-electron chi connectivity index (χ0n) is 12.2. The van der Waals surface area contributed by atoms with Gasteiger partial charge < -0.3 is 10.2 Å². The molecule has 1 aliphatic rings. The zero-order valence-corrected chi connectivity index (χ0v) is 12.2. The summed E-state index contributed by atoms with van der Waals surface area (Å²) in [5.74, 6) is 0.897. The van der Waals surface area contributed by atoms with Gasteiger partial charge in [0.2, 0.25) is 0 Å². The fraction of sp³-hybridized carbons (Fsp3) is 1.00. The van der Waals surface area contributed by atoms with Crippen LogP contribution in [0.1, 0.15) is 58.8 Å². The van der Waals surface area contributed by atoms with Gasteiger partial charge in [0.25, 0.3) is 0 Å². The van der Waals surface area contributed by atoms with Gasteiger partial charge in [0.05, 0.1) is 0 Å². The van der Waals surface area contributed by atoms with Gasteiger partial charge in [-0.25, -0.2) is 0 Å². The molecule has 0 bridgehead atoms. The molecule has 2 unspecified atom stereocenters. The number of unbranched alkanes of at least 4 members (excludes halogenated alkanes) is 2. The Balaban J connectivity index is 2.05. The molecule has 2 atom stereocenters. The van der Waals surface area contributed by atoms with E-state index in [0.29, 0.717) is 0 Å².